The number of hydrogen-bond donors (Lipinski definition) is 3. The van der Waals surface area contributed by atoms with Crippen molar-refractivity contribution in [2.24, 2.45) is 0 Å². The Hall–Kier alpha value is -2.11. The Labute approximate surface area is 179 Å². The normalized spacial score (nSPS) is 25.5. The highest BCUT2D eigenvalue weighted by Gasteiger charge is 2.48. The number of aromatic nitrogens is 3. The summed E-state index contributed by atoms with van der Waals surface area (Å²) in [5.74, 6) is -0.303. The Morgan fingerprint density at radius 3 is 3.06 bits per heavy atom. The van der Waals surface area contributed by atoms with Gasteiger partial charge in [-0.3, -0.25) is 9.36 Å². The molecule has 13 heteroatoms. The minimum Gasteiger partial charge on any atom is -0.465 e. The van der Waals surface area contributed by atoms with Crippen molar-refractivity contribution >= 4 is 25.5 Å². The van der Waals surface area contributed by atoms with E-state index in [0.29, 0.717) is 17.6 Å². The molecule has 3 rings (SSSR count). The summed E-state index contributed by atoms with van der Waals surface area (Å²) >= 11 is 0. The third kappa shape index (κ3) is 5.21. The molecule has 2 aromatic heterocycles. The van der Waals surface area contributed by atoms with Gasteiger partial charge in [-0.2, -0.15) is 5.10 Å². The molecule has 0 spiro atoms. The van der Waals surface area contributed by atoms with Crippen LogP contribution in [-0.4, -0.2) is 63.3 Å². The molecule has 0 bridgehead atoms. The largest absolute Gasteiger partial charge is 0.465 e. The molecular formula is C18H27FN5O6P. The molecule has 0 aromatic carbocycles. The first-order valence-corrected chi connectivity index (χ1v) is 11.2. The summed E-state index contributed by atoms with van der Waals surface area (Å²) < 4.78 is 43.7. The lowest BCUT2D eigenvalue weighted by Gasteiger charge is -2.26. The summed E-state index contributed by atoms with van der Waals surface area (Å²) in [4.78, 5) is 15.7. The van der Waals surface area contributed by atoms with E-state index in [2.05, 4.69) is 15.2 Å². The topological polar surface area (TPSA) is 150 Å². The van der Waals surface area contributed by atoms with Crippen LogP contribution in [0.5, 0.6) is 0 Å². The number of ether oxygens (including phenoxy) is 2. The van der Waals surface area contributed by atoms with E-state index >= 15 is 0 Å². The van der Waals surface area contributed by atoms with Crippen LogP contribution in [0.3, 0.4) is 0 Å². The van der Waals surface area contributed by atoms with Gasteiger partial charge in [0.25, 0.3) is 8.18 Å². The van der Waals surface area contributed by atoms with Gasteiger partial charge >= 0.3 is 5.97 Å². The quantitative estimate of drug-likeness (QED) is 0.349. The Morgan fingerprint density at radius 2 is 2.35 bits per heavy atom. The molecule has 1 saturated heterocycles. The lowest BCUT2D eigenvalue weighted by molar-refractivity contribution is -0.145. The summed E-state index contributed by atoms with van der Waals surface area (Å²) in [6.45, 7) is 2.26. The molecule has 0 saturated carbocycles. The number of carbonyl (C=O) groups is 1. The summed E-state index contributed by atoms with van der Waals surface area (Å²) in [6.07, 6.45) is -0.0882. The van der Waals surface area contributed by atoms with E-state index in [4.69, 9.17) is 19.7 Å². The molecule has 1 fully saturated rings. The highest BCUT2D eigenvalue weighted by molar-refractivity contribution is 7.36. The third-order valence-electron chi connectivity index (χ3n) is 4.96. The number of nitrogens with one attached hydrogen (secondary N) is 1. The molecule has 1 unspecified atom stereocenters. The van der Waals surface area contributed by atoms with Gasteiger partial charge in [-0.05, 0) is 25.5 Å². The van der Waals surface area contributed by atoms with Crippen LogP contribution in [0, 0.1) is 0 Å². The first-order chi connectivity index (χ1) is 14.8. The van der Waals surface area contributed by atoms with Crippen molar-refractivity contribution in [2.75, 3.05) is 25.6 Å². The maximum Gasteiger partial charge on any atom is 0.323 e. The molecule has 0 aliphatic carbocycles. The summed E-state index contributed by atoms with van der Waals surface area (Å²) in [5.41, 5.74) is 5.33. The van der Waals surface area contributed by atoms with Crippen LogP contribution in [0.4, 0.5) is 10.2 Å². The van der Waals surface area contributed by atoms with Gasteiger partial charge in [0.2, 0.25) is 0 Å². The Balaban J connectivity index is 1.64. The van der Waals surface area contributed by atoms with Crippen LogP contribution in [0.15, 0.2) is 18.5 Å². The molecule has 172 valence electrons. The van der Waals surface area contributed by atoms with E-state index in [-0.39, 0.29) is 25.5 Å². The maximum atomic E-state index is 13.9. The second-order valence-electron chi connectivity index (χ2n) is 7.44. The average molecular weight is 459 g/mol. The number of nitrogen functional groups attached to an aromatic ring is 1. The van der Waals surface area contributed by atoms with Crippen LogP contribution in [0.25, 0.3) is 5.52 Å². The molecule has 31 heavy (non-hydrogen) atoms. The number of halogens is 1. The number of rotatable bonds is 10. The molecular weight excluding hydrogens is 432 g/mol. The van der Waals surface area contributed by atoms with Crippen molar-refractivity contribution in [3.8, 4) is 0 Å². The van der Waals surface area contributed by atoms with Crippen molar-refractivity contribution < 1.29 is 32.9 Å². The Morgan fingerprint density at radius 1 is 1.58 bits per heavy atom. The van der Waals surface area contributed by atoms with Crippen LogP contribution < -0.4 is 10.8 Å². The van der Waals surface area contributed by atoms with E-state index < -0.39 is 44.7 Å². The highest BCUT2D eigenvalue weighted by Crippen LogP contribution is 2.42. The van der Waals surface area contributed by atoms with E-state index in [1.807, 2.05) is 6.92 Å². The molecule has 0 radical (unpaired) electrons. The number of aliphatic hydroxyl groups is 1. The molecule has 1 aliphatic heterocycles. The van der Waals surface area contributed by atoms with Gasteiger partial charge in [0.1, 0.15) is 36.3 Å². The fourth-order valence-corrected chi connectivity index (χ4v) is 4.30. The van der Waals surface area contributed by atoms with Gasteiger partial charge in [-0.25, -0.2) is 19.0 Å². The molecule has 0 amide bonds. The van der Waals surface area contributed by atoms with Crippen LogP contribution in [0.1, 0.15) is 38.5 Å². The van der Waals surface area contributed by atoms with Crippen LogP contribution in [0.2, 0.25) is 0 Å². The molecule has 5 atom stereocenters. The Bertz CT molecular complexity index is 945. The minimum atomic E-state index is -2.89. The number of nitrogens with zero attached hydrogens (tertiary/aromatic N) is 3. The summed E-state index contributed by atoms with van der Waals surface area (Å²) in [5, 5.41) is 17.2. The van der Waals surface area contributed by atoms with Crippen LogP contribution in [-0.2, 0) is 23.4 Å². The van der Waals surface area contributed by atoms with Gasteiger partial charge in [0, 0.05) is 6.42 Å². The average Bonchev–Trinajstić information content (AvgIpc) is 3.32. The molecule has 1 aliphatic rings. The van der Waals surface area contributed by atoms with Gasteiger partial charge in [0.15, 0.2) is 5.82 Å². The van der Waals surface area contributed by atoms with E-state index in [1.165, 1.54) is 17.8 Å². The number of fused-ring (bicyclic) bond motifs is 1. The standard InChI is InChI=1S/C18H27FN5O6P/c1-3-6-28-17(26)11(2)23-31(27)29-9-18(8-19)7-14(25)15(30-18)12-4-5-13-16(20)21-10-22-24(12)13/h4-5,10-11,14-15,25,31H,3,6-9H2,1-2H3,(H,23,27)(H2,20,21,22)/t11-,14+,15-,18+/m0/s1. The number of alkyl halides is 1. The second kappa shape index (κ2) is 10.0. The van der Waals surface area contributed by atoms with E-state index in [1.54, 1.807) is 12.1 Å². The van der Waals surface area contributed by atoms with Crippen molar-refractivity contribution in [2.45, 2.75) is 50.5 Å². The highest BCUT2D eigenvalue weighted by atomic mass is 31.1. The number of esters is 1. The number of aliphatic hydroxyl groups excluding tert-OH is 1. The van der Waals surface area contributed by atoms with E-state index in [9.17, 15) is 18.9 Å². The zero-order valence-corrected chi connectivity index (χ0v) is 18.3. The molecule has 11 nitrogen and oxygen atoms in total. The second-order valence-corrected chi connectivity index (χ2v) is 8.59. The fourth-order valence-electron chi connectivity index (χ4n) is 3.35. The lowest BCUT2D eigenvalue weighted by Crippen LogP contribution is -2.37. The Kier molecular flexibility index (Phi) is 7.60. The van der Waals surface area contributed by atoms with Crippen molar-refractivity contribution in [1.29, 1.82) is 0 Å². The first-order valence-electron chi connectivity index (χ1n) is 9.90. The third-order valence-corrected chi connectivity index (χ3v) is 6.03. The number of carbonyl (C=O) groups excluding carboxylic acids is 1. The smallest absolute Gasteiger partial charge is 0.323 e. The number of anilines is 1. The fraction of sp³-hybridized carbons (Fsp3) is 0.611. The van der Waals surface area contributed by atoms with E-state index in [0.717, 1.165) is 0 Å². The lowest BCUT2D eigenvalue weighted by atomic mass is 10.00. The zero-order valence-electron chi connectivity index (χ0n) is 17.3. The first kappa shape index (κ1) is 23.6. The van der Waals surface area contributed by atoms with Crippen molar-refractivity contribution in [3.05, 3.63) is 24.2 Å². The zero-order chi connectivity index (χ0) is 22.6. The van der Waals surface area contributed by atoms with Gasteiger partial charge in [-0.1, -0.05) is 6.92 Å². The predicted octanol–water partition coefficient (Wildman–Crippen LogP) is 1.18. The number of hydrogen-bond acceptors (Lipinski definition) is 9. The van der Waals surface area contributed by atoms with Gasteiger partial charge in [-0.15, -0.1) is 0 Å². The summed E-state index contributed by atoms with van der Waals surface area (Å²) in [6, 6.07) is 2.49. The molecule has 3 heterocycles. The van der Waals surface area contributed by atoms with Crippen molar-refractivity contribution in [1.82, 2.24) is 19.7 Å². The van der Waals surface area contributed by atoms with Crippen LogP contribution >= 0.6 is 8.18 Å². The monoisotopic (exact) mass is 459 g/mol. The van der Waals surface area contributed by atoms with Crippen molar-refractivity contribution in [3.63, 3.8) is 0 Å². The predicted molar refractivity (Wildman–Crippen MR) is 109 cm³/mol. The molecule has 4 N–H and O–H groups in total. The number of nitrogens with two attached hydrogens (primary N) is 1. The maximum absolute atomic E-state index is 13.9. The summed E-state index contributed by atoms with van der Waals surface area (Å²) in [7, 11) is -2.89. The minimum absolute atomic E-state index is 0.0782. The van der Waals surface area contributed by atoms with Gasteiger partial charge < -0.3 is 24.8 Å². The van der Waals surface area contributed by atoms with Gasteiger partial charge in [0.05, 0.1) is 25.0 Å². The SMILES string of the molecule is CCCOC(=O)[C@H](C)N[PH](=O)OC[C@]1(CF)C[C@@H](O)[C@H](c2ccc3c(N)ncnn23)O1. The molecule has 2 aromatic rings.